The van der Waals surface area contributed by atoms with Gasteiger partial charge in [0, 0.05) is 31.5 Å². The molecule has 0 unspecified atom stereocenters. The smallest absolute Gasteiger partial charge is 0.144 e. The van der Waals surface area contributed by atoms with E-state index in [2.05, 4.69) is 30.2 Å². The van der Waals surface area contributed by atoms with Crippen LogP contribution in [-0.4, -0.2) is 45.0 Å². The fourth-order valence-corrected chi connectivity index (χ4v) is 3.14. The Morgan fingerprint density at radius 3 is 2.70 bits per heavy atom. The molecule has 122 valence electrons. The van der Waals surface area contributed by atoms with Crippen LogP contribution in [0.15, 0.2) is 31.1 Å². The molecule has 0 saturated carbocycles. The van der Waals surface area contributed by atoms with Crippen LogP contribution in [-0.2, 0) is 13.0 Å². The Labute approximate surface area is 137 Å². The van der Waals surface area contributed by atoms with Crippen LogP contribution in [0, 0.1) is 5.92 Å². The number of hydrogen-bond acceptors (Lipinski definition) is 6. The highest BCUT2D eigenvalue weighted by Gasteiger charge is 2.18. The zero-order valence-corrected chi connectivity index (χ0v) is 13.6. The van der Waals surface area contributed by atoms with Gasteiger partial charge in [-0.05, 0) is 44.7 Å². The van der Waals surface area contributed by atoms with Crippen LogP contribution in [0.5, 0.6) is 0 Å². The van der Waals surface area contributed by atoms with Crippen molar-refractivity contribution >= 4 is 5.82 Å². The minimum Gasteiger partial charge on any atom is -0.372 e. The fraction of sp³-hybridized carbons (Fsp3) is 0.529. The topological polar surface area (TPSA) is 66.8 Å². The molecule has 23 heavy (non-hydrogen) atoms. The number of nitrogens with one attached hydrogen (secondary N) is 1. The van der Waals surface area contributed by atoms with E-state index in [1.807, 2.05) is 31.8 Å². The summed E-state index contributed by atoms with van der Waals surface area (Å²) in [6.07, 6.45) is 13.9. The van der Waals surface area contributed by atoms with Crippen molar-refractivity contribution in [2.45, 2.75) is 32.2 Å². The van der Waals surface area contributed by atoms with Gasteiger partial charge in [-0.3, -0.25) is 9.88 Å². The lowest BCUT2D eigenvalue weighted by Crippen LogP contribution is -2.24. The molecule has 1 N–H and O–H groups in total. The number of rotatable bonds is 5. The van der Waals surface area contributed by atoms with Crippen LogP contribution in [0.25, 0.3) is 0 Å². The van der Waals surface area contributed by atoms with Gasteiger partial charge >= 0.3 is 0 Å². The second-order valence-corrected chi connectivity index (χ2v) is 6.17. The molecule has 0 aliphatic carbocycles. The molecule has 6 nitrogen and oxygen atoms in total. The van der Waals surface area contributed by atoms with Crippen LogP contribution in [0.1, 0.15) is 30.5 Å². The zero-order chi connectivity index (χ0) is 15.9. The maximum absolute atomic E-state index is 4.51. The number of likely N-dealkylation sites (tertiary alicyclic amines) is 1. The molecule has 1 aliphatic rings. The van der Waals surface area contributed by atoms with Crippen molar-refractivity contribution in [1.82, 2.24) is 24.8 Å². The monoisotopic (exact) mass is 312 g/mol. The van der Waals surface area contributed by atoms with Crippen LogP contribution >= 0.6 is 0 Å². The molecule has 0 radical (unpaired) electrons. The van der Waals surface area contributed by atoms with Crippen molar-refractivity contribution in [3.05, 3.63) is 42.4 Å². The highest BCUT2D eigenvalue weighted by molar-refractivity contribution is 5.29. The SMILES string of the molecule is CNc1cnc(C[C@@H]2CCCN(Cc3cncnc3)CC2)cn1. The summed E-state index contributed by atoms with van der Waals surface area (Å²) >= 11 is 0. The Balaban J connectivity index is 1.51. The molecule has 3 heterocycles. The Morgan fingerprint density at radius 2 is 1.96 bits per heavy atom. The predicted molar refractivity (Wildman–Crippen MR) is 89.9 cm³/mol. The number of nitrogens with zero attached hydrogens (tertiary/aromatic N) is 5. The molecule has 1 atom stereocenters. The minimum absolute atomic E-state index is 0.696. The maximum Gasteiger partial charge on any atom is 0.144 e. The van der Waals surface area contributed by atoms with Crippen molar-refractivity contribution in [2.24, 2.45) is 5.92 Å². The lowest BCUT2D eigenvalue weighted by molar-refractivity contribution is 0.271. The third-order valence-electron chi connectivity index (χ3n) is 4.42. The molecule has 1 saturated heterocycles. The molecule has 1 aliphatic heterocycles. The van der Waals surface area contributed by atoms with Crippen molar-refractivity contribution < 1.29 is 0 Å². The molecular formula is C17H24N6. The van der Waals surface area contributed by atoms with E-state index in [-0.39, 0.29) is 0 Å². The highest BCUT2D eigenvalue weighted by atomic mass is 15.1. The van der Waals surface area contributed by atoms with Gasteiger partial charge < -0.3 is 5.32 Å². The Hall–Kier alpha value is -2.08. The Kier molecular flexibility index (Phi) is 5.47. The summed E-state index contributed by atoms with van der Waals surface area (Å²) in [4.78, 5) is 19.6. The largest absolute Gasteiger partial charge is 0.372 e. The normalized spacial score (nSPS) is 19.3. The van der Waals surface area contributed by atoms with E-state index in [0.717, 1.165) is 37.6 Å². The van der Waals surface area contributed by atoms with Crippen molar-refractivity contribution in [3.63, 3.8) is 0 Å². The summed E-state index contributed by atoms with van der Waals surface area (Å²) in [5.74, 6) is 1.52. The van der Waals surface area contributed by atoms with Crippen LogP contribution in [0.2, 0.25) is 0 Å². The molecule has 0 bridgehead atoms. The van der Waals surface area contributed by atoms with Gasteiger partial charge in [-0.25, -0.2) is 15.0 Å². The minimum atomic E-state index is 0.696. The first-order valence-corrected chi connectivity index (χ1v) is 8.28. The van der Waals surface area contributed by atoms with Crippen molar-refractivity contribution in [2.75, 3.05) is 25.5 Å². The van der Waals surface area contributed by atoms with Crippen LogP contribution in [0.4, 0.5) is 5.82 Å². The summed E-state index contributed by atoms with van der Waals surface area (Å²) in [6.45, 7) is 3.22. The molecule has 0 spiro atoms. The summed E-state index contributed by atoms with van der Waals surface area (Å²) in [6, 6.07) is 0. The van der Waals surface area contributed by atoms with Gasteiger partial charge in [0.25, 0.3) is 0 Å². The van der Waals surface area contributed by atoms with E-state index < -0.39 is 0 Å². The van der Waals surface area contributed by atoms with Crippen LogP contribution < -0.4 is 5.32 Å². The molecule has 0 aromatic carbocycles. The average Bonchev–Trinajstić information content (AvgIpc) is 2.82. The van der Waals surface area contributed by atoms with Gasteiger partial charge in [-0.1, -0.05) is 0 Å². The van der Waals surface area contributed by atoms with Crippen molar-refractivity contribution in [3.8, 4) is 0 Å². The lowest BCUT2D eigenvalue weighted by atomic mass is 9.95. The van der Waals surface area contributed by atoms with Crippen molar-refractivity contribution in [1.29, 1.82) is 0 Å². The third kappa shape index (κ3) is 4.69. The first-order valence-electron chi connectivity index (χ1n) is 8.28. The number of hydrogen-bond donors (Lipinski definition) is 1. The maximum atomic E-state index is 4.51. The lowest BCUT2D eigenvalue weighted by Gasteiger charge is -2.19. The molecule has 2 aromatic rings. The molecule has 0 amide bonds. The van der Waals surface area contributed by atoms with E-state index in [1.165, 1.54) is 24.8 Å². The first kappa shape index (κ1) is 15.8. The average molecular weight is 312 g/mol. The van der Waals surface area contributed by atoms with Gasteiger partial charge in [0.05, 0.1) is 18.1 Å². The predicted octanol–water partition coefficient (Wildman–Crippen LogP) is 2.15. The summed E-state index contributed by atoms with van der Waals surface area (Å²) in [5, 5.41) is 3.01. The van der Waals surface area contributed by atoms with Gasteiger partial charge in [0.1, 0.15) is 12.1 Å². The zero-order valence-electron chi connectivity index (χ0n) is 13.6. The third-order valence-corrected chi connectivity index (χ3v) is 4.42. The summed E-state index contributed by atoms with van der Waals surface area (Å²) in [7, 11) is 1.86. The molecule has 6 heteroatoms. The van der Waals surface area contributed by atoms with Gasteiger partial charge in [0.15, 0.2) is 0 Å². The van der Waals surface area contributed by atoms with E-state index in [0.29, 0.717) is 5.92 Å². The quantitative estimate of drug-likeness (QED) is 0.912. The standard InChI is InChI=1S/C17H24N6/c1-18-17-11-21-16(10-22-17)7-14-3-2-5-23(6-4-14)12-15-8-19-13-20-9-15/h8-11,13-14H,2-7,12H2,1H3,(H,18,22)/t14-/m1/s1. The van der Waals surface area contributed by atoms with E-state index in [1.54, 1.807) is 6.33 Å². The Morgan fingerprint density at radius 1 is 1.09 bits per heavy atom. The molecule has 3 rings (SSSR count). The van der Waals surface area contributed by atoms with Gasteiger partial charge in [-0.15, -0.1) is 0 Å². The number of aromatic nitrogens is 4. The molecule has 1 fully saturated rings. The molecule has 2 aromatic heterocycles. The molecular weight excluding hydrogens is 288 g/mol. The Bertz CT molecular complexity index is 586. The van der Waals surface area contributed by atoms with Gasteiger partial charge in [0.2, 0.25) is 0 Å². The highest BCUT2D eigenvalue weighted by Crippen LogP contribution is 2.22. The second kappa shape index (κ2) is 7.97. The van der Waals surface area contributed by atoms with Crippen LogP contribution in [0.3, 0.4) is 0 Å². The fourth-order valence-electron chi connectivity index (χ4n) is 3.14. The summed E-state index contributed by atoms with van der Waals surface area (Å²) < 4.78 is 0. The second-order valence-electron chi connectivity index (χ2n) is 6.17. The van der Waals surface area contributed by atoms with Gasteiger partial charge in [-0.2, -0.15) is 0 Å². The van der Waals surface area contributed by atoms with E-state index in [9.17, 15) is 0 Å². The first-order chi connectivity index (χ1) is 11.3. The summed E-state index contributed by atoms with van der Waals surface area (Å²) in [5.41, 5.74) is 2.29. The number of anilines is 1. The van der Waals surface area contributed by atoms with E-state index in [4.69, 9.17) is 0 Å². The van der Waals surface area contributed by atoms with E-state index >= 15 is 0 Å².